The van der Waals surface area contributed by atoms with Crippen molar-refractivity contribution >= 4 is 10.0 Å². The minimum atomic E-state index is -2.95. The molecule has 1 aliphatic heterocycles. The summed E-state index contributed by atoms with van der Waals surface area (Å²) in [5.41, 5.74) is 5.47. The molecular formula is C10H20N2O2S. The number of nitrogens with two attached hydrogens (primary N) is 1. The Bertz CT molecular complexity index is 311. The van der Waals surface area contributed by atoms with Gasteiger partial charge in [0.1, 0.15) is 0 Å². The van der Waals surface area contributed by atoms with Gasteiger partial charge in [0.2, 0.25) is 10.0 Å². The minimum absolute atomic E-state index is 0.0593. The topological polar surface area (TPSA) is 63.4 Å². The molecule has 0 aromatic heterocycles. The highest BCUT2D eigenvalue weighted by Crippen LogP contribution is 2.35. The second kappa shape index (κ2) is 4.39. The Hall–Kier alpha value is -0.130. The Morgan fingerprint density at radius 2 is 2.00 bits per heavy atom. The summed E-state index contributed by atoms with van der Waals surface area (Å²) in [6.45, 7) is 1.39. The molecule has 1 saturated carbocycles. The molecule has 0 aromatic rings. The zero-order chi connectivity index (χ0) is 10.9. The Morgan fingerprint density at radius 1 is 1.27 bits per heavy atom. The first kappa shape index (κ1) is 11.4. The van der Waals surface area contributed by atoms with Gasteiger partial charge >= 0.3 is 0 Å². The van der Waals surface area contributed by atoms with E-state index in [0.29, 0.717) is 6.54 Å². The van der Waals surface area contributed by atoms with Crippen LogP contribution in [0, 0.1) is 0 Å². The van der Waals surface area contributed by atoms with E-state index in [1.54, 1.807) is 4.31 Å². The van der Waals surface area contributed by atoms with Crippen LogP contribution in [0.25, 0.3) is 0 Å². The molecule has 2 rings (SSSR count). The standard InChI is InChI=1S/C10H20N2O2S/c11-7-1-3-9-4-2-8-12(9)15(13,14)10-5-6-10/h9-10H,1-8,11H2. The summed E-state index contributed by atoms with van der Waals surface area (Å²) in [7, 11) is -2.95. The predicted molar refractivity (Wildman–Crippen MR) is 60.0 cm³/mol. The average molecular weight is 232 g/mol. The van der Waals surface area contributed by atoms with Crippen LogP contribution in [0.15, 0.2) is 0 Å². The second-order valence-electron chi connectivity index (χ2n) is 4.58. The van der Waals surface area contributed by atoms with E-state index in [9.17, 15) is 8.42 Å². The molecule has 4 nitrogen and oxygen atoms in total. The van der Waals surface area contributed by atoms with E-state index in [1.807, 2.05) is 0 Å². The summed E-state index contributed by atoms with van der Waals surface area (Å²) in [4.78, 5) is 0. The normalized spacial score (nSPS) is 28.5. The van der Waals surface area contributed by atoms with E-state index < -0.39 is 10.0 Å². The van der Waals surface area contributed by atoms with Crippen molar-refractivity contribution in [1.82, 2.24) is 4.31 Å². The van der Waals surface area contributed by atoms with Gasteiger partial charge in [0.25, 0.3) is 0 Å². The van der Waals surface area contributed by atoms with Crippen LogP contribution >= 0.6 is 0 Å². The second-order valence-corrected chi connectivity index (χ2v) is 6.75. The van der Waals surface area contributed by atoms with E-state index in [0.717, 1.165) is 45.1 Å². The zero-order valence-corrected chi connectivity index (χ0v) is 9.88. The van der Waals surface area contributed by atoms with Crippen LogP contribution in [-0.4, -0.2) is 37.1 Å². The molecule has 2 N–H and O–H groups in total. The largest absolute Gasteiger partial charge is 0.330 e. The molecule has 2 fully saturated rings. The van der Waals surface area contributed by atoms with E-state index in [4.69, 9.17) is 5.73 Å². The maximum Gasteiger partial charge on any atom is 0.217 e. The van der Waals surface area contributed by atoms with Gasteiger partial charge in [-0.25, -0.2) is 8.42 Å². The molecule has 1 atom stereocenters. The fourth-order valence-electron chi connectivity index (χ4n) is 2.34. The van der Waals surface area contributed by atoms with Gasteiger partial charge in [-0.1, -0.05) is 0 Å². The number of rotatable bonds is 5. The Balaban J connectivity index is 2.00. The molecule has 0 radical (unpaired) electrons. The highest BCUT2D eigenvalue weighted by atomic mass is 32.2. The fourth-order valence-corrected chi connectivity index (χ4v) is 4.47. The van der Waals surface area contributed by atoms with Crippen molar-refractivity contribution in [3.05, 3.63) is 0 Å². The quantitative estimate of drug-likeness (QED) is 0.758. The van der Waals surface area contributed by atoms with Crippen molar-refractivity contribution in [1.29, 1.82) is 0 Å². The molecule has 1 unspecified atom stereocenters. The van der Waals surface area contributed by atoms with Crippen LogP contribution in [0.5, 0.6) is 0 Å². The van der Waals surface area contributed by atoms with Gasteiger partial charge in [-0.05, 0) is 45.1 Å². The first-order valence-corrected chi connectivity index (χ1v) is 7.37. The third kappa shape index (κ3) is 2.34. The third-order valence-corrected chi connectivity index (χ3v) is 5.79. The monoisotopic (exact) mass is 232 g/mol. The highest BCUT2D eigenvalue weighted by molar-refractivity contribution is 7.90. The van der Waals surface area contributed by atoms with Crippen molar-refractivity contribution in [2.75, 3.05) is 13.1 Å². The lowest BCUT2D eigenvalue weighted by Gasteiger charge is -2.23. The molecule has 5 heteroatoms. The molecule has 88 valence electrons. The molecule has 1 heterocycles. The van der Waals surface area contributed by atoms with Gasteiger partial charge in [-0.15, -0.1) is 0 Å². The summed E-state index contributed by atoms with van der Waals surface area (Å²) in [5, 5.41) is -0.0593. The van der Waals surface area contributed by atoms with Gasteiger partial charge in [0, 0.05) is 12.6 Å². The fraction of sp³-hybridized carbons (Fsp3) is 1.00. The summed E-state index contributed by atoms with van der Waals surface area (Å²) in [6.07, 6.45) is 5.63. The van der Waals surface area contributed by atoms with Crippen LogP contribution in [0.3, 0.4) is 0 Å². The number of nitrogens with zero attached hydrogens (tertiary/aromatic N) is 1. The summed E-state index contributed by atoms with van der Waals surface area (Å²) in [6, 6.07) is 0.235. The van der Waals surface area contributed by atoms with Crippen LogP contribution < -0.4 is 5.73 Å². The average Bonchev–Trinajstić information content (AvgIpc) is 2.95. The summed E-state index contributed by atoms with van der Waals surface area (Å²) in [5.74, 6) is 0. The molecular weight excluding hydrogens is 212 g/mol. The molecule has 2 aliphatic rings. The number of sulfonamides is 1. The van der Waals surface area contributed by atoms with E-state index in [1.165, 1.54) is 0 Å². The lowest BCUT2D eigenvalue weighted by Crippen LogP contribution is -2.37. The third-order valence-electron chi connectivity index (χ3n) is 3.34. The molecule has 0 spiro atoms. The van der Waals surface area contributed by atoms with Crippen molar-refractivity contribution in [3.8, 4) is 0 Å². The highest BCUT2D eigenvalue weighted by Gasteiger charge is 2.43. The SMILES string of the molecule is NCCCC1CCCN1S(=O)(=O)C1CC1. The van der Waals surface area contributed by atoms with Crippen LogP contribution in [0.1, 0.15) is 38.5 Å². The summed E-state index contributed by atoms with van der Waals surface area (Å²) < 4.78 is 25.9. The van der Waals surface area contributed by atoms with Gasteiger partial charge in [0.05, 0.1) is 5.25 Å². The maximum atomic E-state index is 12.1. The first-order valence-electron chi connectivity index (χ1n) is 5.87. The lowest BCUT2D eigenvalue weighted by molar-refractivity contribution is 0.365. The van der Waals surface area contributed by atoms with Gasteiger partial charge in [-0.2, -0.15) is 4.31 Å². The van der Waals surface area contributed by atoms with Crippen molar-refractivity contribution in [3.63, 3.8) is 0 Å². The van der Waals surface area contributed by atoms with Crippen molar-refractivity contribution in [2.24, 2.45) is 5.73 Å². The predicted octanol–water partition coefficient (Wildman–Crippen LogP) is 0.682. The van der Waals surface area contributed by atoms with Gasteiger partial charge < -0.3 is 5.73 Å². The Morgan fingerprint density at radius 3 is 2.60 bits per heavy atom. The zero-order valence-electron chi connectivity index (χ0n) is 9.06. The smallest absolute Gasteiger partial charge is 0.217 e. The van der Waals surface area contributed by atoms with E-state index >= 15 is 0 Å². The Kier molecular flexibility index (Phi) is 3.33. The van der Waals surface area contributed by atoms with Crippen LogP contribution in [-0.2, 0) is 10.0 Å². The number of hydrogen-bond acceptors (Lipinski definition) is 3. The molecule has 0 bridgehead atoms. The lowest BCUT2D eigenvalue weighted by atomic mass is 10.1. The van der Waals surface area contributed by atoms with Crippen LogP contribution in [0.4, 0.5) is 0 Å². The number of hydrogen-bond donors (Lipinski definition) is 1. The molecule has 1 aliphatic carbocycles. The van der Waals surface area contributed by atoms with Crippen LogP contribution in [0.2, 0.25) is 0 Å². The summed E-state index contributed by atoms with van der Waals surface area (Å²) >= 11 is 0. The van der Waals surface area contributed by atoms with E-state index in [-0.39, 0.29) is 11.3 Å². The molecule has 0 amide bonds. The minimum Gasteiger partial charge on any atom is -0.330 e. The van der Waals surface area contributed by atoms with Gasteiger partial charge in [0.15, 0.2) is 0 Å². The molecule has 15 heavy (non-hydrogen) atoms. The van der Waals surface area contributed by atoms with Crippen molar-refractivity contribution < 1.29 is 8.42 Å². The maximum absolute atomic E-state index is 12.1. The first-order chi connectivity index (χ1) is 7.16. The Labute approximate surface area is 91.9 Å². The van der Waals surface area contributed by atoms with Crippen molar-refractivity contribution in [2.45, 2.75) is 49.8 Å². The van der Waals surface area contributed by atoms with E-state index in [2.05, 4.69) is 0 Å². The van der Waals surface area contributed by atoms with Gasteiger partial charge in [-0.3, -0.25) is 0 Å². The molecule has 0 aromatic carbocycles. The molecule has 1 saturated heterocycles.